The minimum atomic E-state index is 0.310. The van der Waals surface area contributed by atoms with Gasteiger partial charge in [0.1, 0.15) is 0 Å². The molecule has 94 valence electrons. The molecular formula is C13H20N2S2. The van der Waals surface area contributed by atoms with Crippen molar-refractivity contribution in [3.63, 3.8) is 0 Å². The fourth-order valence-electron chi connectivity index (χ4n) is 1.83. The zero-order valence-corrected chi connectivity index (χ0v) is 12.3. The van der Waals surface area contributed by atoms with Gasteiger partial charge in [-0.1, -0.05) is 38.6 Å². The van der Waals surface area contributed by atoms with Gasteiger partial charge >= 0.3 is 0 Å². The van der Waals surface area contributed by atoms with E-state index in [1.807, 2.05) is 11.8 Å². The highest BCUT2D eigenvalue weighted by molar-refractivity contribution is 8.13. The van der Waals surface area contributed by atoms with E-state index in [9.17, 15) is 0 Å². The van der Waals surface area contributed by atoms with Gasteiger partial charge in [-0.25, -0.2) is 0 Å². The summed E-state index contributed by atoms with van der Waals surface area (Å²) in [5.41, 5.74) is 0.310. The third-order valence-corrected chi connectivity index (χ3v) is 4.77. The summed E-state index contributed by atoms with van der Waals surface area (Å²) in [4.78, 5) is 6.00. The number of thiophene rings is 1. The van der Waals surface area contributed by atoms with Crippen LogP contribution in [0, 0.1) is 5.41 Å². The summed E-state index contributed by atoms with van der Waals surface area (Å²) < 4.78 is 0. The second kappa shape index (κ2) is 5.44. The van der Waals surface area contributed by atoms with Gasteiger partial charge in [0.2, 0.25) is 0 Å². The molecule has 0 radical (unpaired) electrons. The Hall–Kier alpha value is -0.480. The third kappa shape index (κ3) is 3.75. The molecule has 1 N–H and O–H groups in total. The second-order valence-electron chi connectivity index (χ2n) is 5.40. The second-order valence-corrected chi connectivity index (χ2v) is 7.52. The van der Waals surface area contributed by atoms with Crippen molar-refractivity contribution in [2.75, 3.05) is 5.75 Å². The molecule has 1 aromatic rings. The number of rotatable bonds is 2. The molecule has 2 rings (SSSR count). The van der Waals surface area contributed by atoms with E-state index < -0.39 is 0 Å². The summed E-state index contributed by atoms with van der Waals surface area (Å²) in [5, 5.41) is 6.79. The molecule has 1 aliphatic heterocycles. The van der Waals surface area contributed by atoms with Crippen LogP contribution >= 0.6 is 23.1 Å². The van der Waals surface area contributed by atoms with Crippen molar-refractivity contribution in [1.29, 1.82) is 0 Å². The fourth-order valence-corrected chi connectivity index (χ4v) is 3.39. The van der Waals surface area contributed by atoms with Crippen LogP contribution in [0.3, 0.4) is 0 Å². The lowest BCUT2D eigenvalue weighted by atomic mass is 9.85. The van der Waals surface area contributed by atoms with E-state index in [1.165, 1.54) is 17.1 Å². The summed E-state index contributed by atoms with van der Waals surface area (Å²) in [6.45, 7) is 7.68. The lowest BCUT2D eigenvalue weighted by Crippen LogP contribution is -2.46. The molecule has 1 aromatic heterocycles. The van der Waals surface area contributed by atoms with Crippen molar-refractivity contribution in [1.82, 2.24) is 5.32 Å². The number of hydrogen-bond donors (Lipinski definition) is 1. The maximum Gasteiger partial charge on any atom is 0.157 e. The molecule has 1 saturated heterocycles. The third-order valence-electron chi connectivity index (χ3n) is 2.95. The van der Waals surface area contributed by atoms with Gasteiger partial charge in [-0.3, -0.25) is 4.99 Å². The first-order valence-electron chi connectivity index (χ1n) is 6.02. The standard InChI is InChI=1S/C13H20N2S2/c1-13(2,3)11-6-8-17-12(15-11)14-9-10-5-4-7-16-10/h4-5,7,11H,6,8-9H2,1-3H3,(H,14,15). The lowest BCUT2D eigenvalue weighted by Gasteiger charge is -2.35. The fraction of sp³-hybridized carbons (Fsp3) is 0.615. The molecule has 2 nitrogen and oxygen atoms in total. The van der Waals surface area contributed by atoms with E-state index in [0.717, 1.165) is 11.7 Å². The molecule has 0 aliphatic carbocycles. The Labute approximate surface area is 112 Å². The number of nitrogens with one attached hydrogen (secondary N) is 1. The van der Waals surface area contributed by atoms with Gasteiger partial charge < -0.3 is 5.32 Å². The van der Waals surface area contributed by atoms with E-state index in [4.69, 9.17) is 0 Å². The van der Waals surface area contributed by atoms with E-state index in [-0.39, 0.29) is 0 Å². The molecule has 4 heteroatoms. The van der Waals surface area contributed by atoms with E-state index in [1.54, 1.807) is 11.3 Å². The van der Waals surface area contributed by atoms with Crippen LogP contribution in [0.4, 0.5) is 0 Å². The van der Waals surface area contributed by atoms with Gasteiger partial charge in [0.05, 0.1) is 6.54 Å². The van der Waals surface area contributed by atoms with Gasteiger partial charge in [-0.2, -0.15) is 0 Å². The van der Waals surface area contributed by atoms with Crippen LogP contribution < -0.4 is 5.32 Å². The minimum absolute atomic E-state index is 0.310. The first kappa shape index (κ1) is 13.0. The molecule has 0 aromatic carbocycles. The van der Waals surface area contributed by atoms with Crippen LogP contribution in [0.5, 0.6) is 0 Å². The van der Waals surface area contributed by atoms with E-state index >= 15 is 0 Å². The molecule has 1 unspecified atom stereocenters. The Balaban J connectivity index is 1.95. The number of aliphatic imine (C=N–C) groups is 1. The highest BCUT2D eigenvalue weighted by Crippen LogP contribution is 2.27. The highest BCUT2D eigenvalue weighted by atomic mass is 32.2. The molecule has 1 fully saturated rings. The van der Waals surface area contributed by atoms with Crippen molar-refractivity contribution < 1.29 is 0 Å². The summed E-state index contributed by atoms with van der Waals surface area (Å²) in [7, 11) is 0. The molecule has 0 spiro atoms. The van der Waals surface area contributed by atoms with Crippen LogP contribution in [-0.4, -0.2) is 17.0 Å². The van der Waals surface area contributed by atoms with Crippen molar-refractivity contribution in [3.8, 4) is 0 Å². The average molecular weight is 268 g/mol. The van der Waals surface area contributed by atoms with Gasteiger partial charge in [0.25, 0.3) is 0 Å². The largest absolute Gasteiger partial charge is 0.362 e. The van der Waals surface area contributed by atoms with E-state index in [0.29, 0.717) is 11.5 Å². The lowest BCUT2D eigenvalue weighted by molar-refractivity contribution is 0.290. The Morgan fingerprint density at radius 1 is 1.47 bits per heavy atom. The molecule has 17 heavy (non-hydrogen) atoms. The summed E-state index contributed by atoms with van der Waals surface area (Å²) in [5.74, 6) is 1.18. The Kier molecular flexibility index (Phi) is 4.15. The Morgan fingerprint density at radius 3 is 2.94 bits per heavy atom. The van der Waals surface area contributed by atoms with Crippen molar-refractivity contribution in [2.24, 2.45) is 10.4 Å². The minimum Gasteiger partial charge on any atom is -0.362 e. The van der Waals surface area contributed by atoms with Gasteiger partial charge in [0.15, 0.2) is 5.17 Å². The first-order valence-corrected chi connectivity index (χ1v) is 7.88. The number of thioether (sulfide) groups is 1. The number of amidine groups is 1. The summed E-state index contributed by atoms with van der Waals surface area (Å²) >= 11 is 3.62. The van der Waals surface area contributed by atoms with Crippen molar-refractivity contribution in [3.05, 3.63) is 22.4 Å². The van der Waals surface area contributed by atoms with Crippen LogP contribution in [-0.2, 0) is 6.54 Å². The molecule has 0 amide bonds. The summed E-state index contributed by atoms with van der Waals surface area (Å²) in [6.07, 6.45) is 1.23. The smallest absolute Gasteiger partial charge is 0.157 e. The topological polar surface area (TPSA) is 24.4 Å². The molecular weight excluding hydrogens is 248 g/mol. The summed E-state index contributed by atoms with van der Waals surface area (Å²) in [6, 6.07) is 4.77. The average Bonchev–Trinajstić information content (AvgIpc) is 2.78. The van der Waals surface area contributed by atoms with Gasteiger partial charge in [-0.15, -0.1) is 11.3 Å². The maximum atomic E-state index is 4.67. The van der Waals surface area contributed by atoms with Crippen LogP contribution in [0.2, 0.25) is 0 Å². The SMILES string of the molecule is CC(C)(C)C1CCSC(=NCc2cccs2)N1. The molecule has 2 heterocycles. The predicted octanol–water partition coefficient (Wildman–Crippen LogP) is 3.75. The maximum absolute atomic E-state index is 4.67. The zero-order valence-electron chi connectivity index (χ0n) is 10.7. The number of hydrogen-bond acceptors (Lipinski definition) is 3. The molecule has 0 bridgehead atoms. The van der Waals surface area contributed by atoms with Crippen LogP contribution in [0.15, 0.2) is 22.5 Å². The molecule has 1 atom stereocenters. The quantitative estimate of drug-likeness (QED) is 0.883. The van der Waals surface area contributed by atoms with Crippen LogP contribution in [0.1, 0.15) is 32.1 Å². The Morgan fingerprint density at radius 2 is 2.29 bits per heavy atom. The van der Waals surface area contributed by atoms with Gasteiger partial charge in [0, 0.05) is 16.7 Å². The number of nitrogens with zero attached hydrogens (tertiary/aromatic N) is 1. The molecule has 1 aliphatic rings. The van der Waals surface area contributed by atoms with Crippen molar-refractivity contribution >= 4 is 28.3 Å². The Bertz CT molecular complexity index is 377. The van der Waals surface area contributed by atoms with E-state index in [2.05, 4.69) is 48.6 Å². The monoisotopic (exact) mass is 268 g/mol. The van der Waals surface area contributed by atoms with Gasteiger partial charge in [-0.05, 0) is 23.3 Å². The predicted molar refractivity (Wildman–Crippen MR) is 78.9 cm³/mol. The highest BCUT2D eigenvalue weighted by Gasteiger charge is 2.28. The zero-order chi connectivity index (χ0) is 12.3. The first-order chi connectivity index (χ1) is 8.05. The van der Waals surface area contributed by atoms with Crippen LogP contribution in [0.25, 0.3) is 0 Å². The van der Waals surface area contributed by atoms with Crippen molar-refractivity contribution in [2.45, 2.75) is 39.8 Å². The normalized spacial score (nSPS) is 23.7. The molecule has 0 saturated carbocycles.